The lowest BCUT2D eigenvalue weighted by Gasteiger charge is -2.24. The van der Waals surface area contributed by atoms with E-state index >= 15 is 4.39 Å². The molecule has 12 heteroatoms. The van der Waals surface area contributed by atoms with Gasteiger partial charge in [0.15, 0.2) is 11.6 Å². The summed E-state index contributed by atoms with van der Waals surface area (Å²) in [5.41, 5.74) is 8.39. The Hall–Kier alpha value is -4.58. The number of hydrogen-bond donors (Lipinski definition) is 4. The molecule has 1 aliphatic heterocycles. The Morgan fingerprint density at radius 3 is 2.70 bits per heavy atom. The molecule has 0 bridgehead atoms. The van der Waals surface area contributed by atoms with Gasteiger partial charge in [-0.1, -0.05) is 0 Å². The Labute approximate surface area is 225 Å². The molecule has 204 valence electrons. The average molecular weight is 546 g/mol. The molecule has 1 aliphatic carbocycles. The van der Waals surface area contributed by atoms with Gasteiger partial charge in [-0.25, -0.2) is 23.5 Å². The summed E-state index contributed by atoms with van der Waals surface area (Å²) in [6.45, 7) is 1.28. The first-order valence-corrected chi connectivity index (χ1v) is 12.9. The van der Waals surface area contributed by atoms with E-state index in [2.05, 4.69) is 25.2 Å². The molecular weight excluding hydrogens is 520 g/mol. The minimum absolute atomic E-state index is 0.0349. The first-order valence-electron chi connectivity index (χ1n) is 12.9. The summed E-state index contributed by atoms with van der Waals surface area (Å²) in [7, 11) is 3.24. The van der Waals surface area contributed by atoms with Crippen LogP contribution in [-0.2, 0) is 7.05 Å². The van der Waals surface area contributed by atoms with E-state index < -0.39 is 23.0 Å². The number of carboxylic acid groups (broad SMARTS) is 1. The number of carbonyl (C=O) groups is 1. The molecule has 2 atom stereocenters. The number of nitrogens with one attached hydrogen (secondary N) is 2. The fourth-order valence-corrected chi connectivity index (χ4v) is 6.28. The molecule has 1 saturated carbocycles. The van der Waals surface area contributed by atoms with Crippen LogP contribution in [0.3, 0.4) is 0 Å². The second-order valence-electron chi connectivity index (χ2n) is 10.8. The van der Waals surface area contributed by atoms with Gasteiger partial charge in [-0.3, -0.25) is 4.79 Å². The number of halogens is 2. The summed E-state index contributed by atoms with van der Waals surface area (Å²) in [4.78, 5) is 39.1. The lowest BCUT2D eigenvalue weighted by molar-refractivity contribution is 0.0695. The molecule has 0 amide bonds. The second kappa shape index (κ2) is 8.21. The smallest absolute Gasteiger partial charge is 0.341 e. The number of aryl methyl sites for hydroxylation is 1. The van der Waals surface area contributed by atoms with Gasteiger partial charge in [0.25, 0.3) is 0 Å². The van der Waals surface area contributed by atoms with Crippen molar-refractivity contribution in [3.05, 3.63) is 58.1 Å². The Morgan fingerprint density at radius 1 is 1.25 bits per heavy atom. The van der Waals surface area contributed by atoms with Crippen LogP contribution < -0.4 is 21.4 Å². The van der Waals surface area contributed by atoms with Crippen molar-refractivity contribution >= 4 is 50.3 Å². The molecule has 10 nitrogen and oxygen atoms in total. The molecule has 2 aliphatic rings. The molecule has 4 aromatic heterocycles. The van der Waals surface area contributed by atoms with Gasteiger partial charge in [-0.15, -0.1) is 0 Å². The number of aromatic nitrogens is 4. The van der Waals surface area contributed by atoms with E-state index in [9.17, 15) is 19.1 Å². The van der Waals surface area contributed by atoms with Gasteiger partial charge in [0.2, 0.25) is 5.43 Å². The monoisotopic (exact) mass is 545 g/mol. The largest absolute Gasteiger partial charge is 0.477 e. The van der Waals surface area contributed by atoms with Crippen LogP contribution in [0.25, 0.3) is 44.1 Å². The molecule has 1 unspecified atom stereocenters. The second-order valence-corrected chi connectivity index (χ2v) is 10.8. The fourth-order valence-electron chi connectivity index (χ4n) is 6.28. The van der Waals surface area contributed by atoms with Crippen LogP contribution in [0, 0.1) is 17.0 Å². The summed E-state index contributed by atoms with van der Waals surface area (Å²) >= 11 is 0. The third-order valence-electron chi connectivity index (χ3n) is 8.54. The van der Waals surface area contributed by atoms with Crippen LogP contribution in [0.4, 0.5) is 20.2 Å². The predicted molar refractivity (Wildman–Crippen MR) is 148 cm³/mol. The SMILES string of the molecule is CNc1cc(F)c(F)c2c1[nH]c1ncc(-c3cnc4c(c3)c(=O)c(C(=O)O)cn4C)c(N3CC[C@@]4(CC4N)C3)c12. The highest BCUT2D eigenvalue weighted by Crippen LogP contribution is 2.54. The Bertz CT molecular complexity index is 1990. The number of pyridine rings is 3. The van der Waals surface area contributed by atoms with Crippen molar-refractivity contribution in [1.29, 1.82) is 0 Å². The number of nitrogens with zero attached hydrogens (tertiary/aromatic N) is 4. The molecule has 1 spiro atoms. The number of aromatic carboxylic acids is 1. The first kappa shape index (κ1) is 24.5. The zero-order valence-electron chi connectivity index (χ0n) is 21.7. The van der Waals surface area contributed by atoms with Gasteiger partial charge in [-0.2, -0.15) is 0 Å². The van der Waals surface area contributed by atoms with Gasteiger partial charge in [-0.05, 0) is 18.9 Å². The van der Waals surface area contributed by atoms with E-state index in [0.717, 1.165) is 18.9 Å². The van der Waals surface area contributed by atoms with Crippen LogP contribution >= 0.6 is 0 Å². The quantitative estimate of drug-likeness (QED) is 0.269. The molecule has 5 heterocycles. The summed E-state index contributed by atoms with van der Waals surface area (Å²) in [5.74, 6) is -3.32. The fraction of sp³-hybridized carbons (Fsp3) is 0.286. The number of fused-ring (bicyclic) bond motifs is 4. The van der Waals surface area contributed by atoms with E-state index in [4.69, 9.17) is 5.73 Å². The van der Waals surface area contributed by atoms with Crippen molar-refractivity contribution < 1.29 is 18.7 Å². The van der Waals surface area contributed by atoms with Crippen LogP contribution in [0.15, 0.2) is 35.5 Å². The molecular formula is C28H25F2N7O3. The maximum absolute atomic E-state index is 15.5. The highest BCUT2D eigenvalue weighted by Gasteiger charge is 2.56. The van der Waals surface area contributed by atoms with Crippen molar-refractivity contribution in [3.8, 4) is 11.1 Å². The number of carboxylic acids is 1. The van der Waals surface area contributed by atoms with Crippen molar-refractivity contribution in [3.63, 3.8) is 0 Å². The molecule has 5 N–H and O–H groups in total. The molecule has 7 rings (SSSR count). The van der Waals surface area contributed by atoms with Crippen molar-refractivity contribution in [1.82, 2.24) is 19.5 Å². The summed E-state index contributed by atoms with van der Waals surface area (Å²) in [6, 6.07) is 2.76. The lowest BCUT2D eigenvalue weighted by Crippen LogP contribution is -2.24. The number of aromatic amines is 1. The zero-order valence-corrected chi connectivity index (χ0v) is 21.7. The number of H-pyrrole nitrogens is 1. The number of nitrogens with two attached hydrogens (primary N) is 1. The molecule has 1 saturated heterocycles. The van der Waals surface area contributed by atoms with Crippen molar-refractivity contribution in [2.24, 2.45) is 18.2 Å². The minimum Gasteiger partial charge on any atom is -0.477 e. The van der Waals surface area contributed by atoms with Crippen LogP contribution in [0.5, 0.6) is 0 Å². The van der Waals surface area contributed by atoms with E-state index in [1.54, 1.807) is 32.6 Å². The first-order chi connectivity index (χ1) is 19.1. The Kier molecular flexibility index (Phi) is 5.02. The van der Waals surface area contributed by atoms with E-state index in [1.165, 1.54) is 10.8 Å². The van der Waals surface area contributed by atoms with E-state index in [1.807, 2.05) is 0 Å². The molecule has 1 aromatic carbocycles. The average Bonchev–Trinajstić information content (AvgIpc) is 3.25. The predicted octanol–water partition coefficient (Wildman–Crippen LogP) is 3.58. The van der Waals surface area contributed by atoms with Gasteiger partial charge in [0, 0.05) is 74.4 Å². The molecule has 40 heavy (non-hydrogen) atoms. The topological polar surface area (TPSA) is 142 Å². The third kappa shape index (κ3) is 3.28. The summed E-state index contributed by atoms with van der Waals surface area (Å²) in [6.07, 6.45) is 6.18. The molecule has 5 aromatic rings. The Morgan fingerprint density at radius 2 is 2.02 bits per heavy atom. The summed E-state index contributed by atoms with van der Waals surface area (Å²) < 4.78 is 31.8. The van der Waals surface area contributed by atoms with Crippen molar-refractivity contribution in [2.45, 2.75) is 18.9 Å². The summed E-state index contributed by atoms with van der Waals surface area (Å²) in [5, 5.41) is 13.1. The zero-order chi connectivity index (χ0) is 28.1. The van der Waals surface area contributed by atoms with Crippen LogP contribution in [-0.4, -0.2) is 56.8 Å². The minimum atomic E-state index is -1.34. The third-order valence-corrected chi connectivity index (χ3v) is 8.54. The number of anilines is 2. The Balaban J connectivity index is 1.56. The number of hydrogen-bond acceptors (Lipinski definition) is 7. The van der Waals surface area contributed by atoms with Crippen LogP contribution in [0.2, 0.25) is 0 Å². The molecule has 2 fully saturated rings. The van der Waals surface area contributed by atoms with Gasteiger partial charge in [0.1, 0.15) is 16.9 Å². The van der Waals surface area contributed by atoms with Gasteiger partial charge < -0.3 is 30.6 Å². The number of rotatable bonds is 4. The van der Waals surface area contributed by atoms with Crippen LogP contribution in [0.1, 0.15) is 23.2 Å². The highest BCUT2D eigenvalue weighted by atomic mass is 19.2. The van der Waals surface area contributed by atoms with E-state index in [-0.39, 0.29) is 27.8 Å². The number of benzene rings is 1. The van der Waals surface area contributed by atoms with Gasteiger partial charge in [0.05, 0.1) is 33.1 Å². The lowest BCUT2D eigenvalue weighted by atomic mass is 10.0. The van der Waals surface area contributed by atoms with Gasteiger partial charge >= 0.3 is 5.97 Å². The van der Waals surface area contributed by atoms with E-state index in [0.29, 0.717) is 57.8 Å². The molecule has 0 radical (unpaired) electrons. The highest BCUT2D eigenvalue weighted by molar-refractivity contribution is 6.18. The maximum Gasteiger partial charge on any atom is 0.341 e. The maximum atomic E-state index is 15.5. The normalized spacial score (nSPS) is 20.3. The standard InChI is InChI=1S/C28H25F2N7O3/c1-32-17-6-16(29)21(30)19-20-23(37-4-3-28(11-37)7-18(28)31)14(9-33-25(20)35-22(17)19)12-5-13-24(38)15(27(39)40)10-36(2)26(13)34-8-12/h5-6,8-10,18,32H,3-4,7,11,31H2,1-2H3,(H,33,35)(H,39,40)/t18?,28-/m1/s1. The van der Waals surface area contributed by atoms with Crippen molar-refractivity contribution in [2.75, 3.05) is 30.4 Å².